The van der Waals surface area contributed by atoms with Crippen LogP contribution in [-0.2, 0) is 11.2 Å². The Morgan fingerprint density at radius 2 is 2.00 bits per heavy atom. The second-order valence-electron chi connectivity index (χ2n) is 4.41. The molecule has 0 spiro atoms. The molecular weight excluding hydrogens is 372 g/mol. The molecule has 0 unspecified atom stereocenters. The van der Waals surface area contributed by atoms with Crippen LogP contribution in [-0.4, -0.2) is 28.1 Å². The molecule has 0 bridgehead atoms. The topological polar surface area (TPSA) is 44.9 Å². The first-order valence-corrected chi connectivity index (χ1v) is 8.45. The van der Waals surface area contributed by atoms with Gasteiger partial charge in [0.25, 0.3) is 0 Å². The van der Waals surface area contributed by atoms with Gasteiger partial charge in [-0.15, -0.1) is 0 Å². The SMILES string of the molecule is O=C(NCCc1c[nH]c2ccccc12)C(CBr)CBr. The van der Waals surface area contributed by atoms with Crippen molar-refractivity contribution in [2.24, 2.45) is 5.92 Å². The fourth-order valence-corrected chi connectivity index (χ4v) is 3.64. The van der Waals surface area contributed by atoms with Crippen molar-refractivity contribution >= 4 is 48.7 Å². The number of hydrogen-bond donors (Lipinski definition) is 2. The lowest BCUT2D eigenvalue weighted by molar-refractivity contribution is -0.123. The lowest BCUT2D eigenvalue weighted by Crippen LogP contribution is -2.33. The molecule has 0 aliphatic rings. The van der Waals surface area contributed by atoms with Gasteiger partial charge in [0.2, 0.25) is 5.91 Å². The highest BCUT2D eigenvalue weighted by Gasteiger charge is 2.14. The van der Waals surface area contributed by atoms with E-state index in [1.54, 1.807) is 0 Å². The minimum atomic E-state index is -0.0111. The number of nitrogens with one attached hydrogen (secondary N) is 2. The first kappa shape index (κ1) is 14.6. The van der Waals surface area contributed by atoms with Crippen LogP contribution in [0, 0.1) is 5.92 Å². The van der Waals surface area contributed by atoms with Gasteiger partial charge in [-0.3, -0.25) is 4.79 Å². The van der Waals surface area contributed by atoms with Crippen LogP contribution in [0.3, 0.4) is 0 Å². The number of alkyl halides is 2. The van der Waals surface area contributed by atoms with Crippen LogP contribution in [0.2, 0.25) is 0 Å². The van der Waals surface area contributed by atoms with Crippen molar-refractivity contribution in [1.29, 1.82) is 0 Å². The number of carbonyl (C=O) groups excluding carboxylic acids is 1. The Morgan fingerprint density at radius 1 is 1.26 bits per heavy atom. The van der Waals surface area contributed by atoms with Crippen molar-refractivity contribution in [1.82, 2.24) is 10.3 Å². The number of carbonyl (C=O) groups is 1. The highest BCUT2D eigenvalue weighted by Crippen LogP contribution is 2.17. The molecule has 0 fully saturated rings. The average molecular weight is 388 g/mol. The van der Waals surface area contributed by atoms with Crippen LogP contribution in [0.25, 0.3) is 10.9 Å². The zero-order valence-electron chi connectivity index (χ0n) is 10.5. The summed E-state index contributed by atoms with van der Waals surface area (Å²) < 4.78 is 0. The van der Waals surface area contributed by atoms with Gasteiger partial charge < -0.3 is 10.3 Å². The molecule has 2 rings (SSSR count). The van der Waals surface area contributed by atoms with E-state index in [1.807, 2.05) is 18.3 Å². The van der Waals surface area contributed by atoms with Crippen LogP contribution in [0.1, 0.15) is 5.56 Å². The lowest BCUT2D eigenvalue weighted by atomic mass is 10.1. The van der Waals surface area contributed by atoms with Crippen LogP contribution in [0.15, 0.2) is 30.5 Å². The number of halogens is 2. The van der Waals surface area contributed by atoms with E-state index < -0.39 is 0 Å². The molecule has 19 heavy (non-hydrogen) atoms. The third-order valence-electron chi connectivity index (χ3n) is 3.11. The van der Waals surface area contributed by atoms with Crippen LogP contribution < -0.4 is 5.32 Å². The van der Waals surface area contributed by atoms with E-state index in [9.17, 15) is 4.79 Å². The fourth-order valence-electron chi connectivity index (χ4n) is 1.98. The van der Waals surface area contributed by atoms with Gasteiger partial charge in [0, 0.05) is 34.3 Å². The Labute approximate surface area is 129 Å². The predicted octanol–water partition coefficient (Wildman–Crippen LogP) is 3.23. The lowest BCUT2D eigenvalue weighted by Gasteiger charge is -2.11. The maximum atomic E-state index is 11.8. The quantitative estimate of drug-likeness (QED) is 0.734. The van der Waals surface area contributed by atoms with Gasteiger partial charge in [-0.25, -0.2) is 0 Å². The first-order chi connectivity index (χ1) is 9.26. The third-order valence-corrected chi connectivity index (χ3v) is 4.67. The summed E-state index contributed by atoms with van der Waals surface area (Å²) in [5.74, 6) is 0.0801. The molecule has 3 nitrogen and oxygen atoms in total. The van der Waals surface area contributed by atoms with Crippen molar-refractivity contribution in [2.75, 3.05) is 17.2 Å². The molecule has 0 aliphatic carbocycles. The second kappa shape index (κ2) is 7.10. The standard InChI is InChI=1S/C14H16Br2N2O/c15-7-11(8-16)14(19)17-6-5-10-9-18-13-4-2-1-3-12(10)13/h1-4,9,11,18H,5-8H2,(H,17,19). The predicted molar refractivity (Wildman–Crippen MR) is 86.1 cm³/mol. The summed E-state index contributed by atoms with van der Waals surface area (Å²) in [5, 5.41) is 5.56. The molecule has 5 heteroatoms. The highest BCUT2D eigenvalue weighted by molar-refractivity contribution is 9.09. The summed E-state index contributed by atoms with van der Waals surface area (Å²) in [5.41, 5.74) is 2.38. The average Bonchev–Trinajstić information content (AvgIpc) is 2.84. The van der Waals surface area contributed by atoms with E-state index in [2.05, 4.69) is 54.3 Å². The molecule has 0 saturated heterocycles. The first-order valence-electron chi connectivity index (χ1n) is 6.21. The van der Waals surface area contributed by atoms with Crippen LogP contribution >= 0.6 is 31.9 Å². The zero-order chi connectivity index (χ0) is 13.7. The van der Waals surface area contributed by atoms with Crippen LogP contribution in [0.5, 0.6) is 0 Å². The molecule has 1 heterocycles. The Balaban J connectivity index is 1.91. The van der Waals surface area contributed by atoms with Gasteiger partial charge in [-0.2, -0.15) is 0 Å². The van der Waals surface area contributed by atoms with E-state index in [1.165, 1.54) is 10.9 Å². The molecule has 1 aromatic carbocycles. The molecule has 0 aliphatic heterocycles. The number of fused-ring (bicyclic) bond motifs is 1. The van der Waals surface area contributed by atoms with E-state index in [0.29, 0.717) is 17.2 Å². The summed E-state index contributed by atoms with van der Waals surface area (Å²) in [6, 6.07) is 8.21. The smallest absolute Gasteiger partial charge is 0.224 e. The number of amides is 1. The normalized spacial score (nSPS) is 11.1. The number of hydrogen-bond acceptors (Lipinski definition) is 1. The Bertz CT molecular complexity index is 549. The van der Waals surface area contributed by atoms with E-state index >= 15 is 0 Å². The number of H-pyrrole nitrogens is 1. The molecular formula is C14H16Br2N2O. The molecule has 1 aromatic heterocycles. The highest BCUT2D eigenvalue weighted by atomic mass is 79.9. The Hall–Kier alpha value is -0.810. The molecule has 102 valence electrons. The molecule has 0 atom stereocenters. The third kappa shape index (κ3) is 3.60. The summed E-state index contributed by atoms with van der Waals surface area (Å²) >= 11 is 6.69. The Kier molecular flexibility index (Phi) is 5.45. The largest absolute Gasteiger partial charge is 0.361 e. The van der Waals surface area contributed by atoms with Gasteiger partial charge in [-0.05, 0) is 18.1 Å². The minimum absolute atomic E-state index is 0.0111. The summed E-state index contributed by atoms with van der Waals surface area (Å²) in [4.78, 5) is 15.1. The van der Waals surface area contributed by atoms with Crippen molar-refractivity contribution in [2.45, 2.75) is 6.42 Å². The summed E-state index contributed by atoms with van der Waals surface area (Å²) in [6.07, 6.45) is 2.86. The second-order valence-corrected chi connectivity index (χ2v) is 5.70. The van der Waals surface area contributed by atoms with E-state index in [0.717, 1.165) is 11.9 Å². The van der Waals surface area contributed by atoms with E-state index in [-0.39, 0.29) is 11.8 Å². The summed E-state index contributed by atoms with van der Waals surface area (Å²) in [7, 11) is 0. The molecule has 0 radical (unpaired) electrons. The number of rotatable bonds is 6. The van der Waals surface area contributed by atoms with Crippen LogP contribution in [0.4, 0.5) is 0 Å². The van der Waals surface area contributed by atoms with Gasteiger partial charge >= 0.3 is 0 Å². The van der Waals surface area contributed by atoms with Gasteiger partial charge in [0.15, 0.2) is 0 Å². The van der Waals surface area contributed by atoms with Crippen molar-refractivity contribution in [3.63, 3.8) is 0 Å². The number of para-hydroxylation sites is 1. The fraction of sp³-hybridized carbons (Fsp3) is 0.357. The number of benzene rings is 1. The maximum Gasteiger partial charge on any atom is 0.224 e. The maximum absolute atomic E-state index is 11.8. The molecule has 0 saturated carbocycles. The molecule has 2 N–H and O–H groups in total. The van der Waals surface area contributed by atoms with Gasteiger partial charge in [0.05, 0.1) is 5.92 Å². The van der Waals surface area contributed by atoms with Crippen molar-refractivity contribution in [3.05, 3.63) is 36.0 Å². The monoisotopic (exact) mass is 386 g/mol. The van der Waals surface area contributed by atoms with Gasteiger partial charge in [-0.1, -0.05) is 50.1 Å². The molecule has 1 amide bonds. The minimum Gasteiger partial charge on any atom is -0.361 e. The zero-order valence-corrected chi connectivity index (χ0v) is 13.6. The Morgan fingerprint density at radius 3 is 2.74 bits per heavy atom. The van der Waals surface area contributed by atoms with Crippen molar-refractivity contribution < 1.29 is 4.79 Å². The van der Waals surface area contributed by atoms with E-state index in [4.69, 9.17) is 0 Å². The van der Waals surface area contributed by atoms with Crippen molar-refractivity contribution in [3.8, 4) is 0 Å². The number of aromatic amines is 1. The van der Waals surface area contributed by atoms with Gasteiger partial charge in [0.1, 0.15) is 0 Å². The molecule has 2 aromatic rings. The summed E-state index contributed by atoms with van der Waals surface area (Å²) in [6.45, 7) is 0.664. The number of aromatic nitrogens is 1.